The highest BCUT2D eigenvalue weighted by Crippen LogP contribution is 2.29. The molecule has 0 spiro atoms. The average Bonchev–Trinajstić information content (AvgIpc) is 3.26. The van der Waals surface area contributed by atoms with E-state index < -0.39 is 11.6 Å². The Labute approximate surface area is 118 Å². The summed E-state index contributed by atoms with van der Waals surface area (Å²) in [6, 6.07) is 3.30. The first-order valence-corrected chi connectivity index (χ1v) is 7.60. The predicted molar refractivity (Wildman–Crippen MR) is 73.7 cm³/mol. The molecule has 1 aromatic rings. The summed E-state index contributed by atoms with van der Waals surface area (Å²) in [5.41, 5.74) is 0.642. The van der Waals surface area contributed by atoms with Gasteiger partial charge >= 0.3 is 0 Å². The second-order valence-electron chi connectivity index (χ2n) is 5.92. The summed E-state index contributed by atoms with van der Waals surface area (Å²) in [4.78, 5) is 0. The standard InChI is InChI=1S/C16H21F2NO/c17-14-8-11(10-19-12-6-7-12)9-15(18)16(14)20-13-4-2-1-3-5-13/h8-9,12-13,19H,1-7,10H2. The Kier molecular flexibility index (Phi) is 4.20. The summed E-state index contributed by atoms with van der Waals surface area (Å²) >= 11 is 0. The van der Waals surface area contributed by atoms with Crippen molar-refractivity contribution in [2.75, 3.05) is 0 Å². The van der Waals surface area contributed by atoms with E-state index in [1.807, 2.05) is 0 Å². The third-order valence-electron chi connectivity index (χ3n) is 4.07. The summed E-state index contributed by atoms with van der Waals surface area (Å²) in [5.74, 6) is -1.36. The molecule has 2 aliphatic rings. The molecular formula is C16H21F2NO. The molecule has 2 aliphatic carbocycles. The van der Waals surface area contributed by atoms with Crippen molar-refractivity contribution in [2.24, 2.45) is 0 Å². The first kappa shape index (κ1) is 13.8. The number of hydrogen-bond donors (Lipinski definition) is 1. The number of nitrogens with one attached hydrogen (secondary N) is 1. The number of halogens is 2. The van der Waals surface area contributed by atoms with E-state index >= 15 is 0 Å². The zero-order valence-electron chi connectivity index (χ0n) is 11.6. The second-order valence-corrected chi connectivity index (χ2v) is 5.92. The van der Waals surface area contributed by atoms with Crippen molar-refractivity contribution in [1.29, 1.82) is 0 Å². The van der Waals surface area contributed by atoms with Crippen LogP contribution in [0.1, 0.15) is 50.5 Å². The van der Waals surface area contributed by atoms with E-state index in [4.69, 9.17) is 4.74 Å². The molecule has 110 valence electrons. The Morgan fingerprint density at radius 2 is 1.65 bits per heavy atom. The third-order valence-corrected chi connectivity index (χ3v) is 4.07. The van der Waals surface area contributed by atoms with E-state index in [9.17, 15) is 8.78 Å². The second kappa shape index (κ2) is 6.08. The fourth-order valence-electron chi connectivity index (χ4n) is 2.73. The van der Waals surface area contributed by atoms with Gasteiger partial charge in [-0.05, 0) is 56.2 Å². The van der Waals surface area contributed by atoms with Gasteiger partial charge in [0.15, 0.2) is 17.4 Å². The van der Waals surface area contributed by atoms with Gasteiger partial charge < -0.3 is 10.1 Å². The molecule has 1 N–H and O–H groups in total. The molecule has 4 heteroatoms. The molecule has 0 unspecified atom stereocenters. The van der Waals surface area contributed by atoms with Crippen molar-refractivity contribution in [2.45, 2.75) is 63.6 Å². The van der Waals surface area contributed by atoms with Gasteiger partial charge in [0.25, 0.3) is 0 Å². The molecule has 0 radical (unpaired) electrons. The van der Waals surface area contributed by atoms with E-state index in [1.54, 1.807) is 0 Å². The van der Waals surface area contributed by atoms with Gasteiger partial charge in [0.1, 0.15) is 0 Å². The largest absolute Gasteiger partial charge is 0.484 e. The van der Waals surface area contributed by atoms with Crippen LogP contribution in [0.4, 0.5) is 8.78 Å². The molecule has 2 saturated carbocycles. The molecule has 0 atom stereocenters. The maximum atomic E-state index is 14.0. The summed E-state index contributed by atoms with van der Waals surface area (Å²) in [5, 5.41) is 3.25. The molecule has 2 nitrogen and oxygen atoms in total. The van der Waals surface area contributed by atoms with Crippen molar-refractivity contribution in [3.8, 4) is 5.75 Å². The minimum Gasteiger partial charge on any atom is -0.484 e. The van der Waals surface area contributed by atoms with Crippen molar-refractivity contribution < 1.29 is 13.5 Å². The summed E-state index contributed by atoms with van der Waals surface area (Å²) in [6.07, 6.45) is 7.42. The van der Waals surface area contributed by atoms with Crippen LogP contribution in [0.15, 0.2) is 12.1 Å². The van der Waals surface area contributed by atoms with Crippen LogP contribution in [-0.4, -0.2) is 12.1 Å². The van der Waals surface area contributed by atoms with Gasteiger partial charge in [0.05, 0.1) is 6.10 Å². The lowest BCUT2D eigenvalue weighted by molar-refractivity contribution is 0.142. The van der Waals surface area contributed by atoms with Crippen molar-refractivity contribution in [3.05, 3.63) is 29.3 Å². The third kappa shape index (κ3) is 3.48. The fraction of sp³-hybridized carbons (Fsp3) is 0.625. The maximum absolute atomic E-state index is 14.0. The molecule has 0 saturated heterocycles. The normalized spacial score (nSPS) is 20.1. The number of rotatable bonds is 5. The lowest BCUT2D eigenvalue weighted by atomic mass is 9.98. The van der Waals surface area contributed by atoms with Crippen LogP contribution >= 0.6 is 0 Å². The lowest BCUT2D eigenvalue weighted by Gasteiger charge is -2.23. The molecular weight excluding hydrogens is 260 g/mol. The number of ether oxygens (including phenoxy) is 1. The molecule has 2 fully saturated rings. The van der Waals surface area contributed by atoms with Crippen molar-refractivity contribution >= 4 is 0 Å². The highest BCUT2D eigenvalue weighted by Gasteiger charge is 2.22. The van der Waals surface area contributed by atoms with Crippen molar-refractivity contribution in [3.63, 3.8) is 0 Å². The quantitative estimate of drug-likeness (QED) is 0.883. The molecule has 0 heterocycles. The van der Waals surface area contributed by atoms with Gasteiger partial charge in [-0.2, -0.15) is 0 Å². The molecule has 0 amide bonds. The first-order chi connectivity index (χ1) is 9.72. The van der Waals surface area contributed by atoms with Crippen LogP contribution in [0.3, 0.4) is 0 Å². The monoisotopic (exact) mass is 281 g/mol. The predicted octanol–water partition coefficient (Wildman–Crippen LogP) is 3.93. The molecule has 0 aromatic heterocycles. The number of hydrogen-bond acceptors (Lipinski definition) is 2. The first-order valence-electron chi connectivity index (χ1n) is 7.60. The molecule has 0 aliphatic heterocycles. The smallest absolute Gasteiger partial charge is 0.191 e. The number of benzene rings is 1. The molecule has 0 bridgehead atoms. The van der Waals surface area contributed by atoms with Crippen LogP contribution < -0.4 is 10.1 Å². The Balaban J connectivity index is 1.66. The highest BCUT2D eigenvalue weighted by atomic mass is 19.1. The topological polar surface area (TPSA) is 21.3 Å². The summed E-state index contributed by atoms with van der Waals surface area (Å²) in [6.45, 7) is 0.516. The van der Waals surface area contributed by atoms with E-state index in [0.29, 0.717) is 18.2 Å². The molecule has 1 aromatic carbocycles. The van der Waals surface area contributed by atoms with Gasteiger partial charge in [-0.25, -0.2) is 8.78 Å². The Morgan fingerprint density at radius 3 is 2.25 bits per heavy atom. The van der Waals surface area contributed by atoms with Gasteiger partial charge in [0.2, 0.25) is 0 Å². The minimum atomic E-state index is -0.580. The fourth-order valence-corrected chi connectivity index (χ4v) is 2.73. The Morgan fingerprint density at radius 1 is 1.00 bits per heavy atom. The summed E-state index contributed by atoms with van der Waals surface area (Å²) in [7, 11) is 0. The SMILES string of the molecule is Fc1cc(CNC2CC2)cc(F)c1OC1CCCCC1. The van der Waals surface area contributed by atoms with E-state index in [0.717, 1.165) is 38.5 Å². The lowest BCUT2D eigenvalue weighted by Crippen LogP contribution is -2.21. The van der Waals surface area contributed by atoms with Crippen LogP contribution in [0.25, 0.3) is 0 Å². The molecule has 20 heavy (non-hydrogen) atoms. The highest BCUT2D eigenvalue weighted by molar-refractivity contribution is 5.31. The van der Waals surface area contributed by atoms with Crippen LogP contribution in [0.2, 0.25) is 0 Å². The summed E-state index contributed by atoms with van der Waals surface area (Å²) < 4.78 is 33.6. The van der Waals surface area contributed by atoms with Crippen LogP contribution in [0, 0.1) is 11.6 Å². The van der Waals surface area contributed by atoms with Crippen LogP contribution in [0.5, 0.6) is 5.75 Å². The van der Waals surface area contributed by atoms with Gasteiger partial charge in [0, 0.05) is 12.6 Å². The zero-order valence-corrected chi connectivity index (χ0v) is 11.6. The van der Waals surface area contributed by atoms with Crippen molar-refractivity contribution in [1.82, 2.24) is 5.32 Å². The Hall–Kier alpha value is -1.16. The Bertz CT molecular complexity index is 445. The maximum Gasteiger partial charge on any atom is 0.191 e. The van der Waals surface area contributed by atoms with Crippen LogP contribution in [-0.2, 0) is 6.54 Å². The van der Waals surface area contributed by atoms with E-state index in [-0.39, 0.29) is 11.9 Å². The van der Waals surface area contributed by atoms with E-state index in [2.05, 4.69) is 5.32 Å². The van der Waals surface area contributed by atoms with Gasteiger partial charge in [-0.3, -0.25) is 0 Å². The molecule has 3 rings (SSSR count). The zero-order chi connectivity index (χ0) is 13.9. The van der Waals surface area contributed by atoms with E-state index in [1.165, 1.54) is 18.6 Å². The minimum absolute atomic E-state index is 0.0387. The van der Waals surface area contributed by atoms with Gasteiger partial charge in [-0.1, -0.05) is 6.42 Å². The average molecular weight is 281 g/mol. The van der Waals surface area contributed by atoms with Gasteiger partial charge in [-0.15, -0.1) is 0 Å².